The van der Waals surface area contributed by atoms with Gasteiger partial charge in [-0.25, -0.2) is 0 Å². The number of fused-ring (bicyclic) bond motifs is 2. The molecule has 1 spiro atoms. The summed E-state index contributed by atoms with van der Waals surface area (Å²) in [5, 5.41) is 10.5. The van der Waals surface area contributed by atoms with Gasteiger partial charge in [0.2, 0.25) is 11.8 Å². The minimum Gasteiger partial charge on any atom is -0.394 e. The Bertz CT molecular complexity index is 1390. The number of thioether (sulfide) groups is 1. The third-order valence-electron chi connectivity index (χ3n) is 8.93. The molecule has 2 aromatic carbocycles. The molecular formula is C32H35N3O4S. The van der Waals surface area contributed by atoms with Gasteiger partial charge in [-0.1, -0.05) is 72.8 Å². The lowest BCUT2D eigenvalue weighted by atomic mass is 9.78. The Morgan fingerprint density at radius 3 is 2.38 bits per heavy atom. The quantitative estimate of drug-likeness (QED) is 0.572. The van der Waals surface area contributed by atoms with Crippen molar-refractivity contribution in [3.8, 4) is 0 Å². The van der Waals surface area contributed by atoms with Crippen LogP contribution in [0.4, 0.5) is 5.69 Å². The first-order valence-electron chi connectivity index (χ1n) is 13.9. The van der Waals surface area contributed by atoms with Gasteiger partial charge < -0.3 is 19.8 Å². The molecule has 40 heavy (non-hydrogen) atoms. The van der Waals surface area contributed by atoms with Crippen LogP contribution in [0.15, 0.2) is 72.8 Å². The zero-order valence-corrected chi connectivity index (χ0v) is 23.9. The standard InChI is InChI=1S/C32H35N3O4S/c1-20-10-7-11-21(2)27(20)34-17-9-15-32-26(25-24(40-32)14-8-16-33(3)29(25)37)30(38)35(28(32)31(34)39)23(19-36)18-22-12-5-4-6-13-22/h4-15,23-26,28,36H,16-19H2,1-3H3/t23-,24+,25-,26+,28?,32+/m1/s1. The maximum absolute atomic E-state index is 14.8. The Hall–Kier alpha value is -3.36. The van der Waals surface area contributed by atoms with Crippen molar-refractivity contribution in [1.82, 2.24) is 9.80 Å². The number of para-hydroxylation sites is 1. The number of carbonyl (C=O) groups excluding carboxylic acids is 3. The molecule has 6 rings (SSSR count). The molecule has 4 aliphatic heterocycles. The van der Waals surface area contributed by atoms with Gasteiger partial charge in [0.1, 0.15) is 6.04 Å². The highest BCUT2D eigenvalue weighted by atomic mass is 32.2. The first-order valence-corrected chi connectivity index (χ1v) is 14.8. The van der Waals surface area contributed by atoms with Gasteiger partial charge >= 0.3 is 0 Å². The van der Waals surface area contributed by atoms with E-state index in [9.17, 15) is 19.5 Å². The number of hydrogen-bond acceptors (Lipinski definition) is 5. The molecule has 0 saturated carbocycles. The van der Waals surface area contributed by atoms with E-state index < -0.39 is 28.7 Å². The summed E-state index contributed by atoms with van der Waals surface area (Å²) in [6, 6.07) is 14.2. The second-order valence-corrected chi connectivity index (χ2v) is 12.8. The number of amides is 3. The molecular weight excluding hydrogens is 522 g/mol. The van der Waals surface area contributed by atoms with Crippen molar-refractivity contribution in [1.29, 1.82) is 0 Å². The third kappa shape index (κ3) is 4.03. The summed E-state index contributed by atoms with van der Waals surface area (Å²) in [6.45, 7) is 4.57. The summed E-state index contributed by atoms with van der Waals surface area (Å²) in [5.74, 6) is -1.74. The van der Waals surface area contributed by atoms with Crippen LogP contribution in [0, 0.1) is 25.7 Å². The third-order valence-corrected chi connectivity index (χ3v) is 10.7. The average molecular weight is 558 g/mol. The number of likely N-dealkylation sites (tertiary alicyclic amines) is 1. The topological polar surface area (TPSA) is 81.2 Å². The molecule has 0 aromatic heterocycles. The van der Waals surface area contributed by atoms with Gasteiger partial charge in [0.25, 0.3) is 5.91 Å². The van der Waals surface area contributed by atoms with E-state index in [0.717, 1.165) is 22.4 Å². The molecule has 208 valence electrons. The molecule has 2 saturated heterocycles. The number of aryl methyl sites for hydroxylation is 2. The smallest absolute Gasteiger partial charge is 0.251 e. The Labute approximate surface area is 239 Å². The number of carbonyl (C=O) groups is 3. The molecule has 4 heterocycles. The van der Waals surface area contributed by atoms with E-state index in [1.165, 1.54) is 0 Å². The zero-order chi connectivity index (χ0) is 28.2. The average Bonchev–Trinajstić information content (AvgIpc) is 3.28. The predicted molar refractivity (Wildman–Crippen MR) is 157 cm³/mol. The van der Waals surface area contributed by atoms with Crippen LogP contribution in [0.3, 0.4) is 0 Å². The van der Waals surface area contributed by atoms with Crippen molar-refractivity contribution in [2.24, 2.45) is 11.8 Å². The van der Waals surface area contributed by atoms with Gasteiger partial charge in [-0.2, -0.15) is 0 Å². The van der Waals surface area contributed by atoms with Crippen LogP contribution in [0.1, 0.15) is 16.7 Å². The lowest BCUT2D eigenvalue weighted by molar-refractivity contribution is -0.144. The monoisotopic (exact) mass is 557 g/mol. The van der Waals surface area contributed by atoms with Crippen molar-refractivity contribution in [2.45, 2.75) is 42.3 Å². The van der Waals surface area contributed by atoms with Crippen molar-refractivity contribution < 1.29 is 19.5 Å². The second-order valence-electron chi connectivity index (χ2n) is 11.4. The van der Waals surface area contributed by atoms with Crippen LogP contribution in [0.25, 0.3) is 0 Å². The lowest BCUT2D eigenvalue weighted by Gasteiger charge is -2.39. The minimum absolute atomic E-state index is 0.0707. The van der Waals surface area contributed by atoms with E-state index in [1.54, 1.807) is 33.5 Å². The number of rotatable bonds is 5. The Morgan fingerprint density at radius 2 is 1.68 bits per heavy atom. The Balaban J connectivity index is 1.50. The Kier molecular flexibility index (Phi) is 6.87. The summed E-state index contributed by atoms with van der Waals surface area (Å²) in [7, 11) is 1.77. The van der Waals surface area contributed by atoms with Crippen molar-refractivity contribution in [2.75, 3.05) is 31.6 Å². The molecule has 7 nitrogen and oxygen atoms in total. The van der Waals surface area contributed by atoms with Gasteiger partial charge in [-0.15, -0.1) is 11.8 Å². The van der Waals surface area contributed by atoms with Crippen molar-refractivity contribution >= 4 is 35.2 Å². The lowest BCUT2D eigenvalue weighted by Crippen LogP contribution is -2.57. The van der Waals surface area contributed by atoms with Crippen LogP contribution in [0.5, 0.6) is 0 Å². The summed E-state index contributed by atoms with van der Waals surface area (Å²) in [5.41, 5.74) is 3.79. The molecule has 2 aromatic rings. The number of aliphatic hydroxyl groups excluding tert-OH is 1. The SMILES string of the molecule is Cc1cccc(C)c1N1CC=C[C@]23S[C@H]4C=CCN(C)C(=O)[C@H]4[C@H]2C(=O)N([C@@H](CO)Cc2ccccc2)C3C1=O. The molecule has 1 unspecified atom stereocenters. The molecule has 0 radical (unpaired) electrons. The van der Waals surface area contributed by atoms with Crippen LogP contribution < -0.4 is 4.90 Å². The van der Waals surface area contributed by atoms with Gasteiger partial charge in [-0.3, -0.25) is 14.4 Å². The zero-order valence-electron chi connectivity index (χ0n) is 23.1. The molecule has 0 bridgehead atoms. The first kappa shape index (κ1) is 26.8. The molecule has 2 fully saturated rings. The van der Waals surface area contributed by atoms with Gasteiger partial charge in [0.05, 0.1) is 29.2 Å². The van der Waals surface area contributed by atoms with E-state index >= 15 is 0 Å². The normalized spacial score (nSPS) is 30.2. The maximum Gasteiger partial charge on any atom is 0.251 e. The van der Waals surface area contributed by atoms with E-state index in [4.69, 9.17) is 0 Å². The number of anilines is 1. The van der Waals surface area contributed by atoms with Gasteiger partial charge in [0, 0.05) is 31.1 Å². The summed E-state index contributed by atoms with van der Waals surface area (Å²) >= 11 is 1.57. The molecule has 6 atom stereocenters. The summed E-state index contributed by atoms with van der Waals surface area (Å²) < 4.78 is -0.920. The van der Waals surface area contributed by atoms with Crippen LogP contribution in [-0.2, 0) is 20.8 Å². The van der Waals surface area contributed by atoms with E-state index in [-0.39, 0.29) is 29.6 Å². The van der Waals surface area contributed by atoms with Crippen molar-refractivity contribution in [3.05, 3.63) is 89.5 Å². The van der Waals surface area contributed by atoms with Crippen molar-refractivity contribution in [3.63, 3.8) is 0 Å². The van der Waals surface area contributed by atoms with Gasteiger partial charge in [0.15, 0.2) is 0 Å². The van der Waals surface area contributed by atoms with E-state index in [0.29, 0.717) is 19.5 Å². The molecule has 3 amide bonds. The minimum atomic E-state index is -0.920. The largest absolute Gasteiger partial charge is 0.394 e. The first-order chi connectivity index (χ1) is 19.3. The van der Waals surface area contributed by atoms with E-state index in [2.05, 4.69) is 0 Å². The number of nitrogens with zero attached hydrogens (tertiary/aromatic N) is 3. The summed E-state index contributed by atoms with van der Waals surface area (Å²) in [6.07, 6.45) is 8.47. The Morgan fingerprint density at radius 1 is 0.950 bits per heavy atom. The molecule has 8 heteroatoms. The molecule has 0 aliphatic carbocycles. The van der Waals surface area contributed by atoms with E-state index in [1.807, 2.05) is 86.7 Å². The number of benzene rings is 2. The molecule has 4 aliphatic rings. The van der Waals surface area contributed by atoms with Crippen LogP contribution in [0.2, 0.25) is 0 Å². The highest BCUT2D eigenvalue weighted by molar-refractivity contribution is 8.02. The van der Waals surface area contributed by atoms with Crippen LogP contribution >= 0.6 is 11.8 Å². The maximum atomic E-state index is 14.8. The fraction of sp³-hybridized carbons (Fsp3) is 0.406. The molecule has 1 N–H and O–H groups in total. The fourth-order valence-electron chi connectivity index (χ4n) is 7.17. The number of likely N-dealkylation sites (N-methyl/N-ethyl adjacent to an activating group) is 1. The number of aliphatic hydroxyl groups is 1. The highest BCUT2D eigenvalue weighted by Gasteiger charge is 2.71. The predicted octanol–water partition coefficient (Wildman–Crippen LogP) is 3.14. The van der Waals surface area contributed by atoms with Crippen LogP contribution in [-0.4, -0.2) is 81.5 Å². The summed E-state index contributed by atoms with van der Waals surface area (Å²) in [4.78, 5) is 48.2. The fourth-order valence-corrected chi connectivity index (χ4v) is 9.16. The second kappa shape index (κ2) is 10.2. The highest BCUT2D eigenvalue weighted by Crippen LogP contribution is 2.61. The number of hydrogen-bond donors (Lipinski definition) is 1. The van der Waals surface area contributed by atoms with Gasteiger partial charge in [-0.05, 0) is 37.0 Å².